The third-order valence-electron chi connectivity index (χ3n) is 14.7. The number of nitrogens with zero attached hydrogens (tertiary/aromatic N) is 2. The summed E-state index contributed by atoms with van der Waals surface area (Å²) in [5.74, 6) is 7.08. The van der Waals surface area contributed by atoms with Crippen molar-refractivity contribution in [2.24, 2.45) is 52.3 Å². The Balaban J connectivity index is 1.16. The van der Waals surface area contributed by atoms with Crippen molar-refractivity contribution in [1.29, 1.82) is 0 Å². The molecule has 0 bridgehead atoms. The van der Waals surface area contributed by atoms with Gasteiger partial charge in [0.15, 0.2) is 8.32 Å². The van der Waals surface area contributed by atoms with E-state index in [0.717, 1.165) is 36.8 Å². The van der Waals surface area contributed by atoms with E-state index in [1.165, 1.54) is 57.8 Å². The third kappa shape index (κ3) is 5.19. The molecule has 1 unspecified atom stereocenters. The number of aromatic amines is 1. The van der Waals surface area contributed by atoms with Gasteiger partial charge in [-0.2, -0.15) is 0 Å². The van der Waals surface area contributed by atoms with Gasteiger partial charge in [-0.05, 0) is 135 Å². The van der Waals surface area contributed by atoms with Gasteiger partial charge in [0.05, 0.1) is 6.10 Å². The predicted octanol–water partition coefficient (Wildman–Crippen LogP) is 8.91. The number of H-pyrrole nitrogens is 1. The maximum Gasteiger partial charge on any atom is 0.192 e. The number of fused-ring (bicyclic) bond motifs is 5. The standard InChI is InChI=1S/C36H63N3O2Si/c1-10-25-29-21-24(41-42(8,9)34(3,4)5)17-19-36(29,7)28-18-20-35(6)26(14-15-27(35)31(28)32(25)40)22(2)11-16-30-37-33(39-38-30)23-12-13-23/h22-29,31-32,40H,10-21H2,1-9H3,(H,37,38,39)/t22-,24?,25-,26-,27+,28+,29+,31+,32-,35-,36-/m1/s1. The fourth-order valence-electron chi connectivity index (χ4n) is 11.1. The van der Waals surface area contributed by atoms with Gasteiger partial charge in [0.1, 0.15) is 11.6 Å². The summed E-state index contributed by atoms with van der Waals surface area (Å²) in [6, 6.07) is 0. The maximum atomic E-state index is 12.3. The van der Waals surface area contributed by atoms with E-state index in [-0.39, 0.29) is 11.1 Å². The fourth-order valence-corrected chi connectivity index (χ4v) is 12.5. The van der Waals surface area contributed by atoms with Crippen molar-refractivity contribution in [3.05, 3.63) is 11.6 Å². The Morgan fingerprint density at radius 3 is 2.33 bits per heavy atom. The molecule has 0 aliphatic heterocycles. The van der Waals surface area contributed by atoms with Crippen molar-refractivity contribution >= 4 is 8.32 Å². The molecule has 238 valence electrons. The Morgan fingerprint density at radius 2 is 1.67 bits per heavy atom. The summed E-state index contributed by atoms with van der Waals surface area (Å²) in [5.41, 5.74) is 0.695. The van der Waals surface area contributed by atoms with Gasteiger partial charge in [0.2, 0.25) is 0 Å². The molecule has 1 aromatic heterocycles. The number of aliphatic hydroxyl groups is 1. The molecule has 1 heterocycles. The number of nitrogens with one attached hydrogen (secondary N) is 1. The highest BCUT2D eigenvalue weighted by molar-refractivity contribution is 6.74. The van der Waals surface area contributed by atoms with Crippen molar-refractivity contribution in [2.45, 2.75) is 162 Å². The number of aliphatic hydroxyl groups excluding tert-OH is 1. The molecule has 0 saturated heterocycles. The van der Waals surface area contributed by atoms with E-state index in [1.807, 2.05) is 0 Å². The molecule has 0 amide bonds. The highest BCUT2D eigenvalue weighted by Crippen LogP contribution is 2.69. The van der Waals surface area contributed by atoms with Crippen molar-refractivity contribution in [1.82, 2.24) is 15.2 Å². The van der Waals surface area contributed by atoms with Gasteiger partial charge >= 0.3 is 0 Å². The Kier molecular flexibility index (Phi) is 8.16. The fraction of sp³-hybridized carbons (Fsp3) is 0.944. The predicted molar refractivity (Wildman–Crippen MR) is 174 cm³/mol. The highest BCUT2D eigenvalue weighted by atomic mass is 28.4. The maximum absolute atomic E-state index is 12.3. The van der Waals surface area contributed by atoms with Crippen LogP contribution in [0.2, 0.25) is 18.1 Å². The van der Waals surface area contributed by atoms with Gasteiger partial charge in [-0.15, -0.1) is 10.2 Å². The van der Waals surface area contributed by atoms with E-state index in [4.69, 9.17) is 4.43 Å². The molecular weight excluding hydrogens is 535 g/mol. The zero-order valence-corrected chi connectivity index (χ0v) is 29.5. The molecule has 6 heteroatoms. The van der Waals surface area contributed by atoms with Gasteiger partial charge in [0, 0.05) is 18.4 Å². The lowest BCUT2D eigenvalue weighted by Gasteiger charge is -2.65. The Hall–Kier alpha value is -0.723. The average molecular weight is 598 g/mol. The molecule has 5 fully saturated rings. The van der Waals surface area contributed by atoms with E-state index in [0.29, 0.717) is 58.4 Å². The van der Waals surface area contributed by atoms with E-state index in [9.17, 15) is 5.11 Å². The van der Waals surface area contributed by atoms with Gasteiger partial charge in [-0.3, -0.25) is 0 Å². The van der Waals surface area contributed by atoms with Crippen LogP contribution in [0.4, 0.5) is 0 Å². The second-order valence-electron chi connectivity index (χ2n) is 17.9. The van der Waals surface area contributed by atoms with Crippen molar-refractivity contribution < 1.29 is 9.53 Å². The molecule has 42 heavy (non-hydrogen) atoms. The minimum Gasteiger partial charge on any atom is -0.414 e. The summed E-state index contributed by atoms with van der Waals surface area (Å²) in [6.07, 6.45) is 15.0. The van der Waals surface area contributed by atoms with Gasteiger partial charge in [-0.1, -0.05) is 54.9 Å². The first-order chi connectivity index (χ1) is 19.7. The van der Waals surface area contributed by atoms with Crippen LogP contribution < -0.4 is 0 Å². The smallest absolute Gasteiger partial charge is 0.192 e. The first-order valence-corrected chi connectivity index (χ1v) is 20.9. The second-order valence-corrected chi connectivity index (χ2v) is 22.7. The first kappa shape index (κ1) is 31.3. The van der Waals surface area contributed by atoms with Crippen LogP contribution in [0.15, 0.2) is 0 Å². The van der Waals surface area contributed by atoms with E-state index in [2.05, 4.69) is 76.7 Å². The number of aromatic nitrogens is 3. The zero-order chi connectivity index (χ0) is 30.2. The minimum absolute atomic E-state index is 0.154. The number of aryl methyl sites for hydroxylation is 1. The van der Waals surface area contributed by atoms with Crippen molar-refractivity contribution in [3.8, 4) is 0 Å². The lowest BCUT2D eigenvalue weighted by Crippen LogP contribution is -2.62. The van der Waals surface area contributed by atoms with Crippen LogP contribution in [0.5, 0.6) is 0 Å². The Morgan fingerprint density at radius 1 is 0.976 bits per heavy atom. The SMILES string of the molecule is CC[C@H]1[C@@H](O)[C@@H]2[C@H](CC[C@]3(C)[C@@H]([C@H](C)CCc4nnc(C5CC5)[nH]4)CC[C@@H]23)[C@@]2(C)CCC(O[Si](C)(C)C(C)(C)C)C[C@@H]12. The summed E-state index contributed by atoms with van der Waals surface area (Å²) in [7, 11) is -1.80. The quantitative estimate of drug-likeness (QED) is 0.294. The van der Waals surface area contributed by atoms with Gasteiger partial charge in [0.25, 0.3) is 0 Å². The topological polar surface area (TPSA) is 71.0 Å². The molecule has 0 radical (unpaired) electrons. The molecule has 5 aliphatic carbocycles. The first-order valence-electron chi connectivity index (χ1n) is 18.0. The van der Waals surface area contributed by atoms with Crippen LogP contribution in [0.3, 0.4) is 0 Å². The molecule has 0 spiro atoms. The lowest BCUT2D eigenvalue weighted by atomic mass is 9.41. The van der Waals surface area contributed by atoms with Crippen LogP contribution in [0, 0.1) is 52.3 Å². The molecular formula is C36H63N3O2Si. The second kappa shape index (κ2) is 11.0. The minimum atomic E-state index is -1.80. The summed E-state index contributed by atoms with van der Waals surface area (Å²) in [6.45, 7) is 22.1. The summed E-state index contributed by atoms with van der Waals surface area (Å²) < 4.78 is 7.04. The molecule has 0 aromatic carbocycles. The van der Waals surface area contributed by atoms with E-state index >= 15 is 0 Å². The van der Waals surface area contributed by atoms with Crippen molar-refractivity contribution in [3.63, 3.8) is 0 Å². The number of hydrogen-bond donors (Lipinski definition) is 2. The van der Waals surface area contributed by atoms with Crippen LogP contribution in [-0.4, -0.2) is 40.8 Å². The molecule has 2 N–H and O–H groups in total. The van der Waals surface area contributed by atoms with Crippen LogP contribution in [-0.2, 0) is 10.8 Å². The van der Waals surface area contributed by atoms with E-state index < -0.39 is 8.32 Å². The summed E-state index contributed by atoms with van der Waals surface area (Å²) in [5, 5.41) is 21.5. The molecule has 5 saturated carbocycles. The Labute approximate surface area is 258 Å². The highest BCUT2D eigenvalue weighted by Gasteiger charge is 2.65. The molecule has 6 rings (SSSR count). The van der Waals surface area contributed by atoms with Gasteiger partial charge < -0.3 is 14.5 Å². The number of rotatable bonds is 8. The van der Waals surface area contributed by atoms with Crippen LogP contribution in [0.1, 0.15) is 137 Å². The van der Waals surface area contributed by atoms with E-state index in [1.54, 1.807) is 0 Å². The molecule has 5 nitrogen and oxygen atoms in total. The summed E-state index contributed by atoms with van der Waals surface area (Å²) in [4.78, 5) is 3.53. The summed E-state index contributed by atoms with van der Waals surface area (Å²) >= 11 is 0. The van der Waals surface area contributed by atoms with Crippen molar-refractivity contribution in [2.75, 3.05) is 0 Å². The Bertz CT molecular complexity index is 1110. The van der Waals surface area contributed by atoms with Crippen LogP contribution in [0.25, 0.3) is 0 Å². The monoisotopic (exact) mass is 597 g/mol. The molecule has 11 atom stereocenters. The zero-order valence-electron chi connectivity index (χ0n) is 28.5. The molecule has 1 aromatic rings. The number of hydrogen-bond acceptors (Lipinski definition) is 4. The lowest BCUT2D eigenvalue weighted by molar-refractivity contribution is -0.202. The normalized spacial score (nSPS) is 43.0. The van der Waals surface area contributed by atoms with Crippen LogP contribution >= 0.6 is 0 Å². The largest absolute Gasteiger partial charge is 0.414 e. The molecule has 5 aliphatic rings. The average Bonchev–Trinajstić information content (AvgIpc) is 3.55. The third-order valence-corrected chi connectivity index (χ3v) is 19.3. The van der Waals surface area contributed by atoms with Gasteiger partial charge in [-0.25, -0.2) is 0 Å².